The van der Waals surface area contributed by atoms with E-state index in [0.29, 0.717) is 11.5 Å². The molecule has 6 nitrogen and oxygen atoms in total. The number of thiophene rings is 1. The molecule has 0 saturated heterocycles. The minimum atomic E-state index is 0.0324. The third kappa shape index (κ3) is 4.47. The third-order valence-electron chi connectivity index (χ3n) is 5.10. The van der Waals surface area contributed by atoms with Gasteiger partial charge in [0.05, 0.1) is 19.6 Å². The second-order valence-electron chi connectivity index (χ2n) is 6.96. The highest BCUT2D eigenvalue weighted by Gasteiger charge is 2.16. The predicted octanol–water partition coefficient (Wildman–Crippen LogP) is 3.33. The summed E-state index contributed by atoms with van der Waals surface area (Å²) < 4.78 is 13.5. The number of fused-ring (bicyclic) bond motifs is 1. The van der Waals surface area contributed by atoms with Crippen LogP contribution in [-0.4, -0.2) is 50.4 Å². The van der Waals surface area contributed by atoms with E-state index >= 15 is 0 Å². The highest BCUT2D eigenvalue weighted by atomic mass is 32.1. The zero-order chi connectivity index (χ0) is 21.0. The SMILES string of the molecule is CCN(CCNC)Cc1cc2c(=O)n(C)cc(-c3ccc(OC)c(OC)c3)c2s1. The number of likely N-dealkylation sites (N-methyl/N-ethyl adjacent to an activating group) is 2. The van der Waals surface area contributed by atoms with E-state index in [1.54, 1.807) is 37.2 Å². The van der Waals surface area contributed by atoms with Crippen molar-refractivity contribution in [2.75, 3.05) is 40.9 Å². The van der Waals surface area contributed by atoms with Crippen LogP contribution in [0.2, 0.25) is 0 Å². The molecule has 3 rings (SSSR count). The highest BCUT2D eigenvalue weighted by molar-refractivity contribution is 7.19. The van der Waals surface area contributed by atoms with E-state index in [4.69, 9.17) is 9.47 Å². The van der Waals surface area contributed by atoms with Gasteiger partial charge in [-0.15, -0.1) is 11.3 Å². The van der Waals surface area contributed by atoms with Gasteiger partial charge in [0.25, 0.3) is 5.56 Å². The molecule has 0 radical (unpaired) electrons. The molecular weight excluding hydrogens is 386 g/mol. The molecule has 0 aliphatic heterocycles. The van der Waals surface area contributed by atoms with Gasteiger partial charge in [-0.1, -0.05) is 13.0 Å². The lowest BCUT2D eigenvalue weighted by molar-refractivity contribution is 0.284. The molecule has 0 atom stereocenters. The van der Waals surface area contributed by atoms with E-state index in [9.17, 15) is 4.79 Å². The Morgan fingerprint density at radius 3 is 2.59 bits per heavy atom. The van der Waals surface area contributed by atoms with Crippen molar-refractivity contribution in [3.8, 4) is 22.6 Å². The first kappa shape index (κ1) is 21.4. The van der Waals surface area contributed by atoms with Crippen LogP contribution in [-0.2, 0) is 13.6 Å². The lowest BCUT2D eigenvalue weighted by Crippen LogP contribution is -2.29. The summed E-state index contributed by atoms with van der Waals surface area (Å²) in [6.07, 6.45) is 1.91. The number of hydrogen-bond acceptors (Lipinski definition) is 6. The van der Waals surface area contributed by atoms with Crippen LogP contribution in [0, 0.1) is 0 Å². The van der Waals surface area contributed by atoms with Gasteiger partial charge in [-0.25, -0.2) is 0 Å². The van der Waals surface area contributed by atoms with Gasteiger partial charge in [-0.05, 0) is 37.4 Å². The average molecular weight is 416 g/mol. The van der Waals surface area contributed by atoms with Gasteiger partial charge >= 0.3 is 0 Å². The van der Waals surface area contributed by atoms with Crippen LogP contribution in [0.3, 0.4) is 0 Å². The molecule has 0 spiro atoms. The van der Waals surface area contributed by atoms with Gasteiger partial charge in [-0.3, -0.25) is 9.69 Å². The smallest absolute Gasteiger partial charge is 0.259 e. The van der Waals surface area contributed by atoms with Gasteiger partial charge in [-0.2, -0.15) is 0 Å². The summed E-state index contributed by atoms with van der Waals surface area (Å²) in [6.45, 7) is 5.89. The normalized spacial score (nSPS) is 11.4. The van der Waals surface area contributed by atoms with E-state index < -0.39 is 0 Å². The molecule has 156 valence electrons. The van der Waals surface area contributed by atoms with Crippen molar-refractivity contribution < 1.29 is 9.47 Å². The molecule has 2 heterocycles. The highest BCUT2D eigenvalue weighted by Crippen LogP contribution is 2.37. The Morgan fingerprint density at radius 1 is 1.17 bits per heavy atom. The van der Waals surface area contributed by atoms with Crippen LogP contribution < -0.4 is 20.3 Å². The summed E-state index contributed by atoms with van der Waals surface area (Å²) in [5, 5.41) is 3.97. The molecule has 1 aromatic carbocycles. The Kier molecular flexibility index (Phi) is 6.95. The number of pyridine rings is 1. The maximum absolute atomic E-state index is 12.8. The number of methoxy groups -OCH3 is 2. The number of benzene rings is 1. The van der Waals surface area contributed by atoms with Crippen LogP contribution >= 0.6 is 11.3 Å². The first-order chi connectivity index (χ1) is 14.0. The van der Waals surface area contributed by atoms with Gasteiger partial charge in [0.15, 0.2) is 11.5 Å². The number of nitrogens with one attached hydrogen (secondary N) is 1. The number of nitrogens with zero attached hydrogens (tertiary/aromatic N) is 2. The average Bonchev–Trinajstić information content (AvgIpc) is 3.17. The van der Waals surface area contributed by atoms with E-state index in [2.05, 4.69) is 23.2 Å². The van der Waals surface area contributed by atoms with Crippen LogP contribution in [0.25, 0.3) is 21.2 Å². The van der Waals surface area contributed by atoms with E-state index in [1.807, 2.05) is 31.4 Å². The zero-order valence-electron chi connectivity index (χ0n) is 17.7. The third-order valence-corrected chi connectivity index (χ3v) is 6.25. The molecule has 0 unspecified atom stereocenters. The van der Waals surface area contributed by atoms with E-state index in [0.717, 1.165) is 47.4 Å². The number of rotatable bonds is 9. The van der Waals surface area contributed by atoms with Crippen LogP contribution in [0.5, 0.6) is 11.5 Å². The van der Waals surface area contributed by atoms with Crippen LogP contribution in [0.15, 0.2) is 35.3 Å². The Labute approximate surface area is 175 Å². The summed E-state index contributed by atoms with van der Waals surface area (Å²) in [5.41, 5.74) is 2.06. The maximum Gasteiger partial charge on any atom is 0.259 e. The van der Waals surface area contributed by atoms with E-state index in [1.165, 1.54) is 4.88 Å². The molecule has 0 amide bonds. The second-order valence-corrected chi connectivity index (χ2v) is 8.09. The van der Waals surface area contributed by atoms with Crippen molar-refractivity contribution in [2.45, 2.75) is 13.5 Å². The number of hydrogen-bond donors (Lipinski definition) is 1. The predicted molar refractivity (Wildman–Crippen MR) is 120 cm³/mol. The summed E-state index contributed by atoms with van der Waals surface area (Å²) >= 11 is 1.69. The summed E-state index contributed by atoms with van der Waals surface area (Å²) in [6, 6.07) is 7.92. The largest absolute Gasteiger partial charge is 0.493 e. The summed E-state index contributed by atoms with van der Waals surface area (Å²) in [5.74, 6) is 1.36. The molecule has 3 aromatic rings. The number of ether oxygens (including phenoxy) is 2. The fourth-order valence-electron chi connectivity index (χ4n) is 3.43. The minimum absolute atomic E-state index is 0.0324. The van der Waals surface area contributed by atoms with Crippen molar-refractivity contribution in [2.24, 2.45) is 7.05 Å². The van der Waals surface area contributed by atoms with Crippen molar-refractivity contribution >= 4 is 21.4 Å². The van der Waals surface area contributed by atoms with Gasteiger partial charge in [0, 0.05) is 48.0 Å². The van der Waals surface area contributed by atoms with Gasteiger partial charge in [0.1, 0.15) is 0 Å². The Hall–Kier alpha value is -2.35. The Balaban J connectivity index is 2.08. The second kappa shape index (κ2) is 9.43. The Morgan fingerprint density at radius 2 is 1.93 bits per heavy atom. The monoisotopic (exact) mass is 415 g/mol. The maximum atomic E-state index is 12.8. The quantitative estimate of drug-likeness (QED) is 0.581. The fourth-order valence-corrected chi connectivity index (χ4v) is 4.65. The first-order valence-corrected chi connectivity index (χ1v) is 10.5. The van der Waals surface area contributed by atoms with Crippen molar-refractivity contribution in [1.82, 2.24) is 14.8 Å². The topological polar surface area (TPSA) is 55.7 Å². The molecule has 0 aliphatic rings. The summed E-state index contributed by atoms with van der Waals surface area (Å²) in [4.78, 5) is 16.4. The molecule has 2 aromatic heterocycles. The van der Waals surface area contributed by atoms with Gasteiger partial charge in [0.2, 0.25) is 0 Å². The molecule has 0 aliphatic carbocycles. The van der Waals surface area contributed by atoms with Gasteiger partial charge < -0.3 is 19.4 Å². The minimum Gasteiger partial charge on any atom is -0.493 e. The molecule has 0 fully saturated rings. The van der Waals surface area contributed by atoms with Crippen LogP contribution in [0.1, 0.15) is 11.8 Å². The summed E-state index contributed by atoms with van der Waals surface area (Å²) in [7, 11) is 7.02. The van der Waals surface area contributed by atoms with E-state index in [-0.39, 0.29) is 5.56 Å². The fraction of sp³-hybridized carbons (Fsp3) is 0.409. The molecule has 7 heteroatoms. The van der Waals surface area contributed by atoms with Crippen molar-refractivity contribution in [3.05, 3.63) is 45.7 Å². The molecule has 0 saturated carbocycles. The first-order valence-electron chi connectivity index (χ1n) is 9.73. The number of aromatic nitrogens is 1. The lowest BCUT2D eigenvalue weighted by Gasteiger charge is -2.18. The molecular formula is C22H29N3O3S. The van der Waals surface area contributed by atoms with Crippen molar-refractivity contribution in [1.29, 1.82) is 0 Å². The molecule has 29 heavy (non-hydrogen) atoms. The molecule has 1 N–H and O–H groups in total. The molecule has 0 bridgehead atoms. The van der Waals surface area contributed by atoms with Crippen molar-refractivity contribution in [3.63, 3.8) is 0 Å². The number of aryl methyl sites for hydroxylation is 1. The standard InChI is InChI=1S/C22H29N3O3S/c1-6-25(10-9-23-2)13-16-12-17-21(29-16)18(14-24(3)22(17)26)15-7-8-19(27-4)20(11-15)28-5/h7-8,11-12,14,23H,6,9-10,13H2,1-5H3. The zero-order valence-corrected chi connectivity index (χ0v) is 18.6. The lowest BCUT2D eigenvalue weighted by atomic mass is 10.1. The van der Waals surface area contributed by atoms with Crippen LogP contribution in [0.4, 0.5) is 0 Å². The Bertz CT molecular complexity index is 1040.